The molecule has 4 nitrogen and oxygen atoms in total. The SMILES string of the molecule is c1nc(C2CNCCN2)ns1. The minimum Gasteiger partial charge on any atom is -0.313 e. The topological polar surface area (TPSA) is 49.8 Å². The van der Waals surface area contributed by atoms with E-state index in [9.17, 15) is 0 Å². The summed E-state index contributed by atoms with van der Waals surface area (Å²) in [6.07, 6.45) is 0. The van der Waals surface area contributed by atoms with Crippen LogP contribution < -0.4 is 10.6 Å². The summed E-state index contributed by atoms with van der Waals surface area (Å²) in [5, 5.41) is 6.63. The summed E-state index contributed by atoms with van der Waals surface area (Å²) in [6.45, 7) is 2.99. The quantitative estimate of drug-likeness (QED) is 0.611. The lowest BCUT2D eigenvalue weighted by Crippen LogP contribution is -2.43. The molecule has 0 saturated carbocycles. The lowest BCUT2D eigenvalue weighted by molar-refractivity contribution is 0.418. The molecule has 1 aliphatic heterocycles. The summed E-state index contributed by atoms with van der Waals surface area (Å²) in [5.74, 6) is 0.919. The Morgan fingerprint density at radius 3 is 3.18 bits per heavy atom. The molecule has 2 rings (SSSR count). The normalized spacial score (nSPS) is 25.3. The highest BCUT2D eigenvalue weighted by atomic mass is 32.1. The fourth-order valence-electron chi connectivity index (χ4n) is 1.17. The van der Waals surface area contributed by atoms with E-state index in [-0.39, 0.29) is 0 Å². The fourth-order valence-corrected chi connectivity index (χ4v) is 1.65. The summed E-state index contributed by atoms with van der Waals surface area (Å²) in [5.41, 5.74) is 1.77. The van der Waals surface area contributed by atoms with Gasteiger partial charge in [0.1, 0.15) is 5.51 Å². The third-order valence-electron chi connectivity index (χ3n) is 1.73. The number of nitrogens with zero attached hydrogens (tertiary/aromatic N) is 2. The molecule has 1 aromatic rings. The van der Waals surface area contributed by atoms with E-state index in [1.165, 1.54) is 11.5 Å². The van der Waals surface area contributed by atoms with Crippen molar-refractivity contribution in [1.82, 2.24) is 20.0 Å². The molecule has 1 saturated heterocycles. The molecule has 0 amide bonds. The Morgan fingerprint density at radius 2 is 2.55 bits per heavy atom. The molecular weight excluding hydrogens is 160 g/mol. The van der Waals surface area contributed by atoms with Gasteiger partial charge in [0.2, 0.25) is 0 Å². The summed E-state index contributed by atoms with van der Waals surface area (Å²) >= 11 is 1.40. The van der Waals surface area contributed by atoms with Crippen LogP contribution in [0.25, 0.3) is 0 Å². The summed E-state index contributed by atoms with van der Waals surface area (Å²) in [4.78, 5) is 4.14. The Balaban J connectivity index is 2.04. The molecule has 5 heteroatoms. The highest BCUT2D eigenvalue weighted by molar-refractivity contribution is 7.03. The molecule has 1 unspecified atom stereocenters. The molecule has 2 heterocycles. The van der Waals surface area contributed by atoms with E-state index in [4.69, 9.17) is 0 Å². The Kier molecular flexibility index (Phi) is 2.11. The molecule has 11 heavy (non-hydrogen) atoms. The van der Waals surface area contributed by atoms with E-state index >= 15 is 0 Å². The minimum atomic E-state index is 0.315. The van der Waals surface area contributed by atoms with Crippen LogP contribution in [0.2, 0.25) is 0 Å². The first kappa shape index (κ1) is 7.15. The first-order valence-corrected chi connectivity index (χ1v) is 4.51. The van der Waals surface area contributed by atoms with E-state index in [2.05, 4.69) is 20.0 Å². The Labute approximate surface area is 69.2 Å². The van der Waals surface area contributed by atoms with Gasteiger partial charge in [0.25, 0.3) is 0 Å². The Bertz CT molecular complexity index is 204. The van der Waals surface area contributed by atoms with Crippen LogP contribution in [0, 0.1) is 0 Å². The molecule has 0 bridgehead atoms. The fraction of sp³-hybridized carbons (Fsp3) is 0.667. The summed E-state index contributed by atoms with van der Waals surface area (Å²) in [6, 6.07) is 0.315. The van der Waals surface area contributed by atoms with Gasteiger partial charge in [-0.1, -0.05) is 0 Å². The van der Waals surface area contributed by atoms with Crippen LogP contribution in [0.5, 0.6) is 0 Å². The van der Waals surface area contributed by atoms with Crippen molar-refractivity contribution < 1.29 is 0 Å². The third kappa shape index (κ3) is 1.55. The van der Waals surface area contributed by atoms with Gasteiger partial charge in [-0.25, -0.2) is 4.98 Å². The van der Waals surface area contributed by atoms with Crippen molar-refractivity contribution in [2.75, 3.05) is 19.6 Å². The van der Waals surface area contributed by atoms with Gasteiger partial charge >= 0.3 is 0 Å². The molecule has 0 aromatic carbocycles. The average molecular weight is 170 g/mol. The number of piperazine rings is 1. The predicted octanol–water partition coefficient (Wildman–Crippen LogP) is -0.228. The summed E-state index contributed by atoms with van der Waals surface area (Å²) in [7, 11) is 0. The van der Waals surface area contributed by atoms with Gasteiger partial charge in [0.05, 0.1) is 6.04 Å². The van der Waals surface area contributed by atoms with Crippen LogP contribution in [-0.4, -0.2) is 29.0 Å². The van der Waals surface area contributed by atoms with E-state index in [1.807, 2.05) is 0 Å². The van der Waals surface area contributed by atoms with Crippen molar-refractivity contribution in [1.29, 1.82) is 0 Å². The highest BCUT2D eigenvalue weighted by Gasteiger charge is 2.16. The van der Waals surface area contributed by atoms with Crippen molar-refractivity contribution in [3.05, 3.63) is 11.3 Å². The number of aromatic nitrogens is 2. The second kappa shape index (κ2) is 3.25. The molecule has 60 valence electrons. The predicted molar refractivity (Wildman–Crippen MR) is 43.5 cm³/mol. The maximum absolute atomic E-state index is 4.17. The second-order valence-electron chi connectivity index (χ2n) is 2.50. The van der Waals surface area contributed by atoms with Crippen molar-refractivity contribution in [2.24, 2.45) is 0 Å². The van der Waals surface area contributed by atoms with Gasteiger partial charge < -0.3 is 10.6 Å². The van der Waals surface area contributed by atoms with Crippen LogP contribution in [0.1, 0.15) is 11.9 Å². The van der Waals surface area contributed by atoms with Crippen molar-refractivity contribution in [3.8, 4) is 0 Å². The van der Waals surface area contributed by atoms with Gasteiger partial charge in [0.15, 0.2) is 5.82 Å². The lowest BCUT2D eigenvalue weighted by atomic mass is 10.2. The summed E-state index contributed by atoms with van der Waals surface area (Å²) < 4.78 is 4.17. The van der Waals surface area contributed by atoms with E-state index in [0.717, 1.165) is 25.5 Å². The zero-order valence-corrected chi connectivity index (χ0v) is 6.90. The van der Waals surface area contributed by atoms with Gasteiger partial charge in [-0.15, -0.1) is 0 Å². The molecular formula is C6H10N4S. The second-order valence-corrected chi connectivity index (χ2v) is 3.10. The molecule has 1 atom stereocenters. The number of hydrogen-bond acceptors (Lipinski definition) is 5. The minimum absolute atomic E-state index is 0.315. The van der Waals surface area contributed by atoms with Gasteiger partial charge in [-0.2, -0.15) is 4.37 Å². The van der Waals surface area contributed by atoms with Crippen LogP contribution >= 0.6 is 11.5 Å². The van der Waals surface area contributed by atoms with Crippen molar-refractivity contribution in [3.63, 3.8) is 0 Å². The standard InChI is InChI=1S/C6H10N4S/c1-2-8-5(3-7-1)6-9-4-11-10-6/h4-5,7-8H,1-3H2. The highest BCUT2D eigenvalue weighted by Crippen LogP contribution is 2.08. The van der Waals surface area contributed by atoms with E-state index in [0.29, 0.717) is 6.04 Å². The Morgan fingerprint density at radius 1 is 1.55 bits per heavy atom. The zero-order valence-electron chi connectivity index (χ0n) is 6.08. The largest absolute Gasteiger partial charge is 0.313 e. The lowest BCUT2D eigenvalue weighted by Gasteiger charge is -2.21. The van der Waals surface area contributed by atoms with Crippen LogP contribution in [-0.2, 0) is 0 Å². The molecule has 1 aliphatic rings. The average Bonchev–Trinajstić information content (AvgIpc) is 2.58. The number of nitrogens with one attached hydrogen (secondary N) is 2. The monoisotopic (exact) mass is 170 g/mol. The van der Waals surface area contributed by atoms with Crippen LogP contribution in [0.4, 0.5) is 0 Å². The van der Waals surface area contributed by atoms with Crippen molar-refractivity contribution >= 4 is 11.5 Å². The first-order chi connectivity index (χ1) is 5.47. The molecule has 0 radical (unpaired) electrons. The van der Waals surface area contributed by atoms with Gasteiger partial charge in [0, 0.05) is 19.6 Å². The first-order valence-electron chi connectivity index (χ1n) is 3.67. The molecule has 1 fully saturated rings. The Hall–Kier alpha value is -0.520. The van der Waals surface area contributed by atoms with Crippen molar-refractivity contribution in [2.45, 2.75) is 6.04 Å². The van der Waals surface area contributed by atoms with Crippen LogP contribution in [0.3, 0.4) is 0 Å². The molecule has 2 N–H and O–H groups in total. The maximum Gasteiger partial charge on any atom is 0.160 e. The number of hydrogen-bond donors (Lipinski definition) is 2. The molecule has 1 aromatic heterocycles. The van der Waals surface area contributed by atoms with Gasteiger partial charge in [-0.05, 0) is 11.5 Å². The maximum atomic E-state index is 4.17. The molecule has 0 aliphatic carbocycles. The van der Waals surface area contributed by atoms with Gasteiger partial charge in [-0.3, -0.25) is 0 Å². The van der Waals surface area contributed by atoms with E-state index in [1.54, 1.807) is 5.51 Å². The smallest absolute Gasteiger partial charge is 0.160 e. The van der Waals surface area contributed by atoms with Crippen LogP contribution in [0.15, 0.2) is 5.51 Å². The van der Waals surface area contributed by atoms with E-state index < -0.39 is 0 Å². The zero-order chi connectivity index (χ0) is 7.52. The number of rotatable bonds is 1. The molecule has 0 spiro atoms. The third-order valence-corrected chi connectivity index (χ3v) is 2.22.